The molecule has 9 heteroatoms. The molecule has 1 aliphatic heterocycles. The molecule has 1 amide bonds. The normalized spacial score (nSPS) is 17.3. The number of nitrogens with one attached hydrogen (secondary N) is 2. The van der Waals surface area contributed by atoms with Crippen LogP contribution in [0.3, 0.4) is 0 Å². The van der Waals surface area contributed by atoms with Crippen molar-refractivity contribution in [3.8, 4) is 23.0 Å². The number of hydrogen-bond acceptors (Lipinski definition) is 7. The van der Waals surface area contributed by atoms with E-state index < -0.39 is 0 Å². The highest BCUT2D eigenvalue weighted by molar-refractivity contribution is 5.93. The van der Waals surface area contributed by atoms with Gasteiger partial charge in [-0.25, -0.2) is 4.98 Å². The van der Waals surface area contributed by atoms with Gasteiger partial charge in [0.05, 0.1) is 0 Å². The van der Waals surface area contributed by atoms with Crippen LogP contribution in [0.5, 0.6) is 23.0 Å². The van der Waals surface area contributed by atoms with Crippen molar-refractivity contribution in [2.45, 2.75) is 44.2 Å². The Kier molecular flexibility index (Phi) is 8.13. The van der Waals surface area contributed by atoms with Gasteiger partial charge in [0.2, 0.25) is 5.91 Å². The van der Waals surface area contributed by atoms with E-state index in [9.17, 15) is 4.79 Å². The van der Waals surface area contributed by atoms with Crippen molar-refractivity contribution in [1.29, 1.82) is 0 Å². The Morgan fingerprint density at radius 3 is 2.56 bits per heavy atom. The minimum Gasteiger partial charge on any atom is -0.457 e. The minimum absolute atomic E-state index is 0.0814. The van der Waals surface area contributed by atoms with Gasteiger partial charge in [-0.3, -0.25) is 14.8 Å². The summed E-state index contributed by atoms with van der Waals surface area (Å²) in [5.74, 6) is 3.56. The third-order valence-electron chi connectivity index (χ3n) is 7.69. The first-order valence-electron chi connectivity index (χ1n) is 14.4. The van der Waals surface area contributed by atoms with E-state index in [4.69, 9.17) is 9.47 Å². The summed E-state index contributed by atoms with van der Waals surface area (Å²) in [7, 11) is 2.12. The lowest BCUT2D eigenvalue weighted by Gasteiger charge is -2.35. The number of piperidine rings is 1. The summed E-state index contributed by atoms with van der Waals surface area (Å²) in [5.41, 5.74) is 0.633. The number of para-hydroxylation sites is 1. The van der Waals surface area contributed by atoms with Crippen molar-refractivity contribution < 1.29 is 14.3 Å². The van der Waals surface area contributed by atoms with Crippen molar-refractivity contribution >= 4 is 22.8 Å². The highest BCUT2D eigenvalue weighted by Gasteiger charge is 2.27. The molecule has 2 N–H and O–H groups in total. The number of rotatable bonds is 11. The van der Waals surface area contributed by atoms with Gasteiger partial charge in [0.1, 0.15) is 28.4 Å². The molecule has 212 valence electrons. The number of nitrogens with zero attached hydrogens (tertiary/aromatic N) is 4. The van der Waals surface area contributed by atoms with Crippen LogP contribution >= 0.6 is 0 Å². The van der Waals surface area contributed by atoms with Crippen molar-refractivity contribution in [3.05, 3.63) is 79.0 Å². The van der Waals surface area contributed by atoms with Crippen LogP contribution in [0.25, 0.3) is 11.0 Å². The number of carbonyl (C=O) groups excluding carboxylic acids is 1. The number of carbonyl (C=O) groups is 1. The van der Waals surface area contributed by atoms with Crippen molar-refractivity contribution in [2.24, 2.45) is 0 Å². The second kappa shape index (κ2) is 12.4. The molecule has 6 rings (SSSR count). The molecule has 2 aromatic carbocycles. The van der Waals surface area contributed by atoms with Crippen LogP contribution in [-0.4, -0.2) is 69.7 Å². The molecule has 2 fully saturated rings. The van der Waals surface area contributed by atoms with E-state index >= 15 is 0 Å². The van der Waals surface area contributed by atoms with Crippen LogP contribution in [0.4, 0.5) is 5.82 Å². The van der Waals surface area contributed by atoms with Crippen molar-refractivity contribution in [2.75, 3.05) is 32.0 Å². The molecule has 2 aliphatic rings. The molecule has 1 saturated heterocycles. The van der Waals surface area contributed by atoms with Gasteiger partial charge in [-0.1, -0.05) is 24.3 Å². The Morgan fingerprint density at radius 1 is 1.02 bits per heavy atom. The molecule has 1 saturated carbocycles. The Morgan fingerprint density at radius 2 is 1.78 bits per heavy atom. The number of aromatic amines is 1. The molecular weight excluding hydrogens is 516 g/mol. The van der Waals surface area contributed by atoms with Crippen LogP contribution in [0.15, 0.2) is 79.0 Å². The summed E-state index contributed by atoms with van der Waals surface area (Å²) < 4.78 is 12.2. The van der Waals surface area contributed by atoms with Crippen LogP contribution < -0.4 is 14.8 Å². The van der Waals surface area contributed by atoms with Crippen molar-refractivity contribution in [1.82, 2.24) is 25.0 Å². The molecular formula is C32H36N6O3. The Bertz CT molecular complexity index is 1480. The fraction of sp³-hybridized carbons (Fsp3) is 0.344. The molecule has 2 aromatic heterocycles. The number of ether oxygens (including phenoxy) is 2. The van der Waals surface area contributed by atoms with E-state index in [0.717, 1.165) is 49.2 Å². The largest absolute Gasteiger partial charge is 0.457 e. The average molecular weight is 553 g/mol. The standard InChI is InChI=1S/C32H36N6O3/c1-37(23-12-13-23)20-7-11-29(39)38-21-6-5-8-24(38)22-34-32-30-28(18-19-33-31(30)35-36-32)41-27-16-14-26(15-17-27)40-25-9-3-2-4-10-25/h2-4,7,9-11,14-19,23-24H,5-6,8,12-13,20-22H2,1H3,(H2,33,34,35,36). The topological polar surface area (TPSA) is 95.6 Å². The van der Waals surface area contributed by atoms with Crippen LogP contribution in [0, 0.1) is 0 Å². The fourth-order valence-electron chi connectivity index (χ4n) is 5.26. The first-order valence-corrected chi connectivity index (χ1v) is 14.4. The molecule has 41 heavy (non-hydrogen) atoms. The molecule has 1 aliphatic carbocycles. The van der Waals surface area contributed by atoms with Crippen LogP contribution in [0.1, 0.15) is 32.1 Å². The number of likely N-dealkylation sites (tertiary alicyclic amines) is 1. The average Bonchev–Trinajstić information content (AvgIpc) is 3.78. The van der Waals surface area contributed by atoms with E-state index in [-0.39, 0.29) is 11.9 Å². The van der Waals surface area contributed by atoms with E-state index in [1.165, 1.54) is 12.8 Å². The number of anilines is 1. The molecule has 1 unspecified atom stereocenters. The maximum Gasteiger partial charge on any atom is 0.246 e. The zero-order chi connectivity index (χ0) is 28.0. The Balaban J connectivity index is 1.11. The molecule has 3 heterocycles. The number of pyridine rings is 1. The summed E-state index contributed by atoms with van der Waals surface area (Å²) in [5, 5.41) is 11.7. The predicted octanol–water partition coefficient (Wildman–Crippen LogP) is 5.99. The number of benzene rings is 2. The minimum atomic E-state index is 0.0814. The first kappa shape index (κ1) is 26.8. The van der Waals surface area contributed by atoms with Gasteiger partial charge in [-0.05, 0) is 75.5 Å². The monoisotopic (exact) mass is 552 g/mol. The number of amides is 1. The zero-order valence-corrected chi connectivity index (χ0v) is 23.3. The lowest BCUT2D eigenvalue weighted by molar-refractivity contribution is -0.129. The number of fused-ring (bicyclic) bond motifs is 1. The fourth-order valence-corrected chi connectivity index (χ4v) is 5.26. The summed E-state index contributed by atoms with van der Waals surface area (Å²) in [6.45, 7) is 2.18. The summed E-state index contributed by atoms with van der Waals surface area (Å²) in [6.07, 6.45) is 11.0. The third-order valence-corrected chi connectivity index (χ3v) is 7.69. The second-order valence-electron chi connectivity index (χ2n) is 10.7. The summed E-state index contributed by atoms with van der Waals surface area (Å²) >= 11 is 0. The number of aromatic nitrogens is 3. The van der Waals surface area contributed by atoms with Crippen LogP contribution in [0.2, 0.25) is 0 Å². The van der Waals surface area contributed by atoms with E-state index in [2.05, 4.69) is 32.4 Å². The summed E-state index contributed by atoms with van der Waals surface area (Å²) in [4.78, 5) is 21.8. The zero-order valence-electron chi connectivity index (χ0n) is 23.3. The smallest absolute Gasteiger partial charge is 0.246 e. The van der Waals surface area contributed by atoms with E-state index in [0.29, 0.717) is 35.6 Å². The van der Waals surface area contributed by atoms with Gasteiger partial charge in [-0.15, -0.1) is 0 Å². The second-order valence-corrected chi connectivity index (χ2v) is 10.7. The molecule has 4 aromatic rings. The van der Waals surface area contributed by atoms with E-state index in [1.807, 2.05) is 71.6 Å². The number of hydrogen-bond donors (Lipinski definition) is 2. The Labute approximate surface area is 240 Å². The number of H-pyrrole nitrogens is 1. The quantitative estimate of drug-likeness (QED) is 0.221. The maximum atomic E-state index is 13.1. The highest BCUT2D eigenvalue weighted by atomic mass is 16.5. The maximum absolute atomic E-state index is 13.1. The highest BCUT2D eigenvalue weighted by Crippen LogP contribution is 2.34. The lowest BCUT2D eigenvalue weighted by atomic mass is 10.0. The molecule has 9 nitrogen and oxygen atoms in total. The molecule has 0 spiro atoms. The Hall–Kier alpha value is -4.37. The molecule has 0 bridgehead atoms. The van der Waals surface area contributed by atoms with Crippen molar-refractivity contribution in [3.63, 3.8) is 0 Å². The van der Waals surface area contributed by atoms with E-state index in [1.54, 1.807) is 12.3 Å². The van der Waals surface area contributed by atoms with Gasteiger partial charge in [0, 0.05) is 50.1 Å². The van der Waals surface area contributed by atoms with Crippen LogP contribution in [-0.2, 0) is 4.79 Å². The van der Waals surface area contributed by atoms with Gasteiger partial charge in [0.25, 0.3) is 0 Å². The first-order chi connectivity index (χ1) is 20.1. The number of likely N-dealkylation sites (N-methyl/N-ethyl adjacent to an activating group) is 1. The lowest BCUT2D eigenvalue weighted by Crippen LogP contribution is -2.46. The van der Waals surface area contributed by atoms with Gasteiger partial charge >= 0.3 is 0 Å². The predicted molar refractivity (Wildman–Crippen MR) is 160 cm³/mol. The van der Waals surface area contributed by atoms with Gasteiger partial charge in [0.15, 0.2) is 11.5 Å². The molecule has 0 radical (unpaired) electrons. The van der Waals surface area contributed by atoms with Gasteiger partial charge in [-0.2, -0.15) is 5.10 Å². The molecule has 1 atom stereocenters. The van der Waals surface area contributed by atoms with Gasteiger partial charge < -0.3 is 19.7 Å². The third kappa shape index (κ3) is 6.69. The summed E-state index contributed by atoms with van der Waals surface area (Å²) in [6, 6.07) is 19.8. The SMILES string of the molecule is CN(CC=CC(=O)N1CCCCC1CNc1n[nH]c2nccc(Oc3ccc(Oc4ccccc4)cc3)c12)C1CC1.